The first-order valence-corrected chi connectivity index (χ1v) is 11.6. The third kappa shape index (κ3) is 14.9. The normalized spacial score (nSPS) is 10.9. The third-order valence-electron chi connectivity index (χ3n) is 4.18. The lowest BCUT2D eigenvalue weighted by molar-refractivity contribution is 0.000640. The molecule has 0 aliphatic heterocycles. The van der Waals surface area contributed by atoms with Gasteiger partial charge < -0.3 is 37.9 Å². The molecule has 0 amide bonds. The van der Waals surface area contributed by atoms with Crippen LogP contribution in [-0.2, 0) is 37.9 Å². The van der Waals surface area contributed by atoms with Crippen LogP contribution in [0.15, 0.2) is 24.3 Å². The molecule has 0 bridgehead atoms. The van der Waals surface area contributed by atoms with E-state index in [1.807, 2.05) is 13.8 Å². The molecular weight excluding hydrogens is 448 g/mol. The first kappa shape index (κ1) is 30.0. The molecule has 0 saturated heterocycles. The summed E-state index contributed by atoms with van der Waals surface area (Å²) in [4.78, 5) is 24.8. The standard InChI is InChI=1S/C24H38O10/c1-3-27-9-11-29-13-15-31-17-19-33-23(25)21-7-5-6-8-22(21)24(26)34-20-18-32-16-14-30-12-10-28-4-2/h5-8H,3-4,9-20H2,1-2H3. The highest BCUT2D eigenvalue weighted by Gasteiger charge is 2.18. The van der Waals surface area contributed by atoms with Crippen molar-refractivity contribution in [3.8, 4) is 0 Å². The Bertz CT molecular complexity index is 597. The molecule has 0 aliphatic rings. The number of esters is 2. The maximum atomic E-state index is 12.4. The molecule has 34 heavy (non-hydrogen) atoms. The maximum absolute atomic E-state index is 12.4. The third-order valence-corrected chi connectivity index (χ3v) is 4.18. The van der Waals surface area contributed by atoms with E-state index in [9.17, 15) is 9.59 Å². The summed E-state index contributed by atoms with van der Waals surface area (Å²) in [7, 11) is 0. The van der Waals surface area contributed by atoms with Crippen LogP contribution in [0.5, 0.6) is 0 Å². The fourth-order valence-corrected chi connectivity index (χ4v) is 2.55. The van der Waals surface area contributed by atoms with Gasteiger partial charge >= 0.3 is 11.9 Å². The number of rotatable bonds is 22. The lowest BCUT2D eigenvalue weighted by Gasteiger charge is -2.10. The van der Waals surface area contributed by atoms with E-state index in [2.05, 4.69) is 0 Å². The van der Waals surface area contributed by atoms with Gasteiger partial charge in [-0.05, 0) is 26.0 Å². The largest absolute Gasteiger partial charge is 0.460 e. The monoisotopic (exact) mass is 486 g/mol. The Morgan fingerprint density at radius 1 is 0.500 bits per heavy atom. The summed E-state index contributed by atoms with van der Waals surface area (Å²) in [6, 6.07) is 6.33. The summed E-state index contributed by atoms with van der Waals surface area (Å²) in [5.74, 6) is -1.24. The fourth-order valence-electron chi connectivity index (χ4n) is 2.55. The first-order chi connectivity index (χ1) is 16.7. The molecule has 0 aromatic heterocycles. The molecule has 1 rings (SSSR count). The van der Waals surface area contributed by atoms with Gasteiger partial charge in [-0.15, -0.1) is 0 Å². The predicted octanol–water partition coefficient (Wildman–Crippen LogP) is 2.14. The molecule has 0 heterocycles. The van der Waals surface area contributed by atoms with E-state index < -0.39 is 11.9 Å². The zero-order valence-electron chi connectivity index (χ0n) is 20.3. The van der Waals surface area contributed by atoms with Gasteiger partial charge in [0.25, 0.3) is 0 Å². The molecule has 0 aliphatic carbocycles. The topological polar surface area (TPSA) is 108 Å². The molecule has 0 N–H and O–H groups in total. The Balaban J connectivity index is 2.19. The maximum Gasteiger partial charge on any atom is 0.339 e. The molecule has 1 aromatic carbocycles. The predicted molar refractivity (Wildman–Crippen MR) is 123 cm³/mol. The summed E-state index contributed by atoms with van der Waals surface area (Å²) in [5, 5.41) is 0. The zero-order valence-corrected chi connectivity index (χ0v) is 20.3. The van der Waals surface area contributed by atoms with E-state index in [0.717, 1.165) is 0 Å². The van der Waals surface area contributed by atoms with E-state index in [1.54, 1.807) is 12.1 Å². The summed E-state index contributed by atoms with van der Waals surface area (Å²) in [6.45, 7) is 9.47. The highest BCUT2D eigenvalue weighted by molar-refractivity contribution is 6.03. The van der Waals surface area contributed by atoms with Crippen LogP contribution >= 0.6 is 0 Å². The second-order valence-corrected chi connectivity index (χ2v) is 6.66. The van der Waals surface area contributed by atoms with Gasteiger partial charge in [-0.3, -0.25) is 0 Å². The van der Waals surface area contributed by atoms with Gasteiger partial charge in [0.2, 0.25) is 0 Å². The first-order valence-electron chi connectivity index (χ1n) is 11.6. The highest BCUT2D eigenvalue weighted by Crippen LogP contribution is 2.12. The van der Waals surface area contributed by atoms with E-state index in [-0.39, 0.29) is 37.6 Å². The van der Waals surface area contributed by atoms with Crippen LogP contribution in [0, 0.1) is 0 Å². The molecule has 0 unspecified atom stereocenters. The van der Waals surface area contributed by atoms with Crippen molar-refractivity contribution in [2.24, 2.45) is 0 Å². The Morgan fingerprint density at radius 3 is 1.12 bits per heavy atom. The van der Waals surface area contributed by atoms with Crippen molar-refractivity contribution in [1.29, 1.82) is 0 Å². The van der Waals surface area contributed by atoms with E-state index in [4.69, 9.17) is 37.9 Å². The molecule has 0 radical (unpaired) electrons. The smallest absolute Gasteiger partial charge is 0.339 e. The minimum Gasteiger partial charge on any atom is -0.460 e. The molecule has 10 heteroatoms. The van der Waals surface area contributed by atoms with Crippen LogP contribution < -0.4 is 0 Å². The van der Waals surface area contributed by atoms with Crippen molar-refractivity contribution in [3.05, 3.63) is 35.4 Å². The van der Waals surface area contributed by atoms with Crippen molar-refractivity contribution in [1.82, 2.24) is 0 Å². The van der Waals surface area contributed by atoms with Gasteiger partial charge in [-0.1, -0.05) is 12.1 Å². The van der Waals surface area contributed by atoms with Crippen molar-refractivity contribution >= 4 is 11.9 Å². The Labute approximate surface area is 201 Å². The molecule has 0 fully saturated rings. The van der Waals surface area contributed by atoms with Crippen LogP contribution in [0.2, 0.25) is 0 Å². The fraction of sp³-hybridized carbons (Fsp3) is 0.667. The Hall–Kier alpha value is -2.08. The van der Waals surface area contributed by atoms with Crippen LogP contribution in [0.25, 0.3) is 0 Å². The van der Waals surface area contributed by atoms with Gasteiger partial charge in [-0.2, -0.15) is 0 Å². The summed E-state index contributed by atoms with van der Waals surface area (Å²) >= 11 is 0. The molecule has 1 aromatic rings. The van der Waals surface area contributed by atoms with Crippen LogP contribution in [0.1, 0.15) is 34.6 Å². The van der Waals surface area contributed by atoms with Crippen LogP contribution in [0.4, 0.5) is 0 Å². The summed E-state index contributed by atoms with van der Waals surface area (Å²) < 4.78 is 42.1. The number of benzene rings is 1. The van der Waals surface area contributed by atoms with Crippen molar-refractivity contribution in [2.45, 2.75) is 13.8 Å². The van der Waals surface area contributed by atoms with Gasteiger partial charge in [0.15, 0.2) is 0 Å². The number of carbonyl (C=O) groups excluding carboxylic acids is 2. The zero-order chi connectivity index (χ0) is 24.7. The lowest BCUT2D eigenvalue weighted by atomic mass is 10.1. The molecule has 0 spiro atoms. The Morgan fingerprint density at radius 2 is 0.794 bits per heavy atom. The van der Waals surface area contributed by atoms with E-state index >= 15 is 0 Å². The molecule has 10 nitrogen and oxygen atoms in total. The number of hydrogen-bond donors (Lipinski definition) is 0. The minimum absolute atomic E-state index is 0.0572. The number of carbonyl (C=O) groups is 2. The number of hydrogen-bond acceptors (Lipinski definition) is 10. The molecule has 0 saturated carbocycles. The average Bonchev–Trinajstić information content (AvgIpc) is 2.86. The minimum atomic E-state index is -0.621. The highest BCUT2D eigenvalue weighted by atomic mass is 16.6. The van der Waals surface area contributed by atoms with Gasteiger partial charge in [0.05, 0.1) is 77.2 Å². The molecule has 0 atom stereocenters. The van der Waals surface area contributed by atoms with Gasteiger partial charge in [0, 0.05) is 13.2 Å². The molecule has 194 valence electrons. The quantitative estimate of drug-likeness (QED) is 0.179. The van der Waals surface area contributed by atoms with Crippen LogP contribution in [-0.4, -0.2) is 104 Å². The molecular formula is C24H38O10. The SMILES string of the molecule is CCOCCOCCOCCOC(=O)c1ccccc1C(=O)OCCOCCOCCOCC. The summed E-state index contributed by atoms with van der Waals surface area (Å²) in [5.41, 5.74) is 0.269. The Kier molecular flexibility index (Phi) is 18.9. The van der Waals surface area contributed by atoms with Crippen LogP contribution in [0.3, 0.4) is 0 Å². The van der Waals surface area contributed by atoms with Gasteiger partial charge in [0.1, 0.15) is 13.2 Å². The number of ether oxygens (including phenoxy) is 8. The van der Waals surface area contributed by atoms with Crippen molar-refractivity contribution in [3.63, 3.8) is 0 Å². The average molecular weight is 487 g/mol. The van der Waals surface area contributed by atoms with Crippen molar-refractivity contribution < 1.29 is 47.5 Å². The van der Waals surface area contributed by atoms with E-state index in [0.29, 0.717) is 66.1 Å². The summed E-state index contributed by atoms with van der Waals surface area (Å²) in [6.07, 6.45) is 0. The van der Waals surface area contributed by atoms with E-state index in [1.165, 1.54) is 12.1 Å². The van der Waals surface area contributed by atoms with Gasteiger partial charge in [-0.25, -0.2) is 9.59 Å². The van der Waals surface area contributed by atoms with Crippen molar-refractivity contribution in [2.75, 3.05) is 92.5 Å². The lowest BCUT2D eigenvalue weighted by Crippen LogP contribution is -2.18. The second-order valence-electron chi connectivity index (χ2n) is 6.66. The second kappa shape index (κ2) is 21.5.